The molecule has 1 atom stereocenters. The van der Waals surface area contributed by atoms with Gasteiger partial charge in [-0.1, -0.05) is 17.7 Å². The van der Waals surface area contributed by atoms with Crippen LogP contribution in [0, 0.1) is 6.92 Å². The summed E-state index contributed by atoms with van der Waals surface area (Å²) in [7, 11) is 0.507. The number of aromatic nitrogens is 2. The zero-order valence-corrected chi connectivity index (χ0v) is 13.6. The van der Waals surface area contributed by atoms with E-state index in [1.807, 2.05) is 14.0 Å². The van der Waals surface area contributed by atoms with Crippen LogP contribution in [-0.4, -0.2) is 14.0 Å². The van der Waals surface area contributed by atoms with E-state index in [1.165, 1.54) is 0 Å². The van der Waals surface area contributed by atoms with Crippen LogP contribution in [0.15, 0.2) is 27.6 Å². The van der Waals surface area contributed by atoms with Crippen LogP contribution >= 0.6 is 27.5 Å². The maximum absolute atomic E-state index is 12.5. The molecule has 2 aromatic rings. The highest BCUT2D eigenvalue weighted by Crippen LogP contribution is 2.29. The van der Waals surface area contributed by atoms with Gasteiger partial charge >= 0.3 is 0 Å². The summed E-state index contributed by atoms with van der Waals surface area (Å²) in [6, 6.07) is 5.12. The lowest BCUT2D eigenvalue weighted by Crippen LogP contribution is -2.06. The molecule has 0 spiro atoms. The number of halogens is 2. The number of hydrogen-bond donors (Lipinski definition) is 1. The third-order valence-corrected chi connectivity index (χ3v) is 5.66. The number of nitrogens with two attached hydrogens (primary N) is 1. The first-order valence-corrected chi connectivity index (χ1v) is 8.01. The SMILES string of the molecule is Cc1nn(C)c(CS(=O)c2c(N)cccc2Cl)c1Br. The first-order valence-electron chi connectivity index (χ1n) is 5.52. The molecule has 0 saturated heterocycles. The number of nitrogens with zero attached hydrogens (tertiary/aromatic N) is 2. The van der Waals surface area contributed by atoms with Crippen molar-refractivity contribution in [2.75, 3.05) is 5.73 Å². The van der Waals surface area contributed by atoms with Crippen LogP contribution in [0.4, 0.5) is 5.69 Å². The molecule has 102 valence electrons. The van der Waals surface area contributed by atoms with E-state index in [0.717, 1.165) is 15.9 Å². The molecule has 1 heterocycles. The Labute approximate surface area is 127 Å². The van der Waals surface area contributed by atoms with Gasteiger partial charge in [0.25, 0.3) is 0 Å². The summed E-state index contributed by atoms with van der Waals surface area (Å²) in [5.41, 5.74) is 8.01. The van der Waals surface area contributed by atoms with Crippen LogP contribution in [0.3, 0.4) is 0 Å². The second-order valence-electron chi connectivity index (χ2n) is 4.12. The monoisotopic (exact) mass is 361 g/mol. The summed E-state index contributed by atoms with van der Waals surface area (Å²) in [5, 5.41) is 4.70. The van der Waals surface area contributed by atoms with Crippen molar-refractivity contribution in [2.45, 2.75) is 17.6 Å². The average Bonchev–Trinajstić information content (AvgIpc) is 2.56. The molecule has 19 heavy (non-hydrogen) atoms. The lowest BCUT2D eigenvalue weighted by atomic mass is 10.3. The lowest BCUT2D eigenvalue weighted by Gasteiger charge is -2.08. The molecule has 0 bridgehead atoms. The first-order chi connectivity index (χ1) is 8.91. The Morgan fingerprint density at radius 3 is 2.74 bits per heavy atom. The Kier molecular flexibility index (Phi) is 4.32. The number of benzene rings is 1. The van der Waals surface area contributed by atoms with Crippen LogP contribution in [-0.2, 0) is 23.6 Å². The zero-order chi connectivity index (χ0) is 14.2. The summed E-state index contributed by atoms with van der Waals surface area (Å²) in [5.74, 6) is 0.311. The Bertz CT molecular complexity index is 636. The van der Waals surface area contributed by atoms with Gasteiger partial charge in [-0.05, 0) is 35.0 Å². The van der Waals surface area contributed by atoms with Crippen molar-refractivity contribution < 1.29 is 4.21 Å². The summed E-state index contributed by atoms with van der Waals surface area (Å²) >= 11 is 9.53. The molecule has 1 aromatic heterocycles. The van der Waals surface area contributed by atoms with E-state index in [9.17, 15) is 4.21 Å². The maximum atomic E-state index is 12.5. The zero-order valence-electron chi connectivity index (χ0n) is 10.5. The minimum atomic E-state index is -1.31. The van der Waals surface area contributed by atoms with Gasteiger partial charge in [0.2, 0.25) is 0 Å². The first kappa shape index (κ1) is 14.6. The van der Waals surface area contributed by atoms with E-state index >= 15 is 0 Å². The molecule has 0 aliphatic carbocycles. The van der Waals surface area contributed by atoms with Crippen LogP contribution in [0.25, 0.3) is 0 Å². The fourth-order valence-electron chi connectivity index (χ4n) is 1.80. The summed E-state index contributed by atoms with van der Waals surface area (Å²) in [6.45, 7) is 1.89. The molecule has 4 nitrogen and oxygen atoms in total. The highest BCUT2D eigenvalue weighted by molar-refractivity contribution is 9.10. The van der Waals surface area contributed by atoms with Crippen molar-refractivity contribution >= 4 is 44.0 Å². The summed E-state index contributed by atoms with van der Waals surface area (Å²) in [6.07, 6.45) is 0. The van der Waals surface area contributed by atoms with Gasteiger partial charge in [-0.3, -0.25) is 8.89 Å². The fraction of sp³-hybridized carbons (Fsp3) is 0.250. The van der Waals surface area contributed by atoms with E-state index in [4.69, 9.17) is 17.3 Å². The molecule has 2 rings (SSSR count). The fourth-order valence-corrected chi connectivity index (χ4v) is 4.24. The highest BCUT2D eigenvalue weighted by Gasteiger charge is 2.18. The van der Waals surface area contributed by atoms with Crippen molar-refractivity contribution in [3.05, 3.63) is 39.1 Å². The number of rotatable bonds is 3. The molecule has 1 aromatic carbocycles. The van der Waals surface area contributed by atoms with Gasteiger partial charge in [-0.2, -0.15) is 5.10 Å². The van der Waals surface area contributed by atoms with Crippen LogP contribution in [0.1, 0.15) is 11.4 Å². The molecule has 0 aliphatic rings. The van der Waals surface area contributed by atoms with E-state index in [1.54, 1.807) is 22.9 Å². The van der Waals surface area contributed by atoms with Gasteiger partial charge < -0.3 is 5.73 Å². The summed E-state index contributed by atoms with van der Waals surface area (Å²) in [4.78, 5) is 0.481. The van der Waals surface area contributed by atoms with Gasteiger partial charge in [-0.25, -0.2) is 0 Å². The minimum absolute atomic E-state index is 0.311. The minimum Gasteiger partial charge on any atom is -0.398 e. The molecule has 2 N–H and O–H groups in total. The van der Waals surface area contributed by atoms with Crippen molar-refractivity contribution in [3.63, 3.8) is 0 Å². The maximum Gasteiger partial charge on any atom is 0.0807 e. The van der Waals surface area contributed by atoms with E-state index < -0.39 is 10.8 Å². The molecular weight excluding hydrogens is 350 g/mol. The standard InChI is InChI=1S/C12H13BrClN3OS/c1-7-11(13)10(17(2)16-7)6-19(18)12-8(14)4-3-5-9(12)15/h3-5H,6,15H2,1-2H3. The number of nitrogen functional groups attached to an aromatic ring is 1. The lowest BCUT2D eigenvalue weighted by molar-refractivity contribution is 0.676. The third kappa shape index (κ3) is 2.85. The molecule has 0 radical (unpaired) electrons. The quantitative estimate of drug-likeness (QED) is 0.854. The van der Waals surface area contributed by atoms with E-state index in [2.05, 4.69) is 21.0 Å². The van der Waals surface area contributed by atoms with E-state index in [0.29, 0.717) is 21.4 Å². The number of anilines is 1. The van der Waals surface area contributed by atoms with Gasteiger partial charge in [0, 0.05) is 12.7 Å². The Morgan fingerprint density at radius 2 is 2.21 bits per heavy atom. The van der Waals surface area contributed by atoms with Crippen molar-refractivity contribution in [2.24, 2.45) is 7.05 Å². The predicted molar refractivity (Wildman–Crippen MR) is 81.6 cm³/mol. The smallest absolute Gasteiger partial charge is 0.0807 e. The summed E-state index contributed by atoms with van der Waals surface area (Å²) < 4.78 is 15.0. The van der Waals surface area contributed by atoms with Crippen LogP contribution in [0.2, 0.25) is 5.02 Å². The van der Waals surface area contributed by atoms with Gasteiger partial charge in [-0.15, -0.1) is 0 Å². The third-order valence-electron chi connectivity index (χ3n) is 2.75. The van der Waals surface area contributed by atoms with Crippen molar-refractivity contribution in [1.82, 2.24) is 9.78 Å². The Balaban J connectivity index is 2.36. The average molecular weight is 363 g/mol. The second-order valence-corrected chi connectivity index (χ2v) is 6.71. The molecule has 0 fully saturated rings. The molecule has 1 unspecified atom stereocenters. The molecule has 0 aliphatic heterocycles. The van der Waals surface area contributed by atoms with Crippen LogP contribution in [0.5, 0.6) is 0 Å². The molecule has 0 amide bonds. The van der Waals surface area contributed by atoms with Crippen molar-refractivity contribution in [3.8, 4) is 0 Å². The van der Waals surface area contributed by atoms with Crippen LogP contribution < -0.4 is 5.73 Å². The molecule has 0 saturated carbocycles. The Morgan fingerprint density at radius 1 is 1.53 bits per heavy atom. The van der Waals surface area contributed by atoms with E-state index in [-0.39, 0.29) is 0 Å². The largest absolute Gasteiger partial charge is 0.398 e. The van der Waals surface area contributed by atoms with Gasteiger partial charge in [0.05, 0.1) is 42.3 Å². The molecular formula is C12H13BrClN3OS. The topological polar surface area (TPSA) is 60.9 Å². The normalized spacial score (nSPS) is 12.6. The second kappa shape index (κ2) is 5.64. The predicted octanol–water partition coefficient (Wildman–Crippen LogP) is 3.03. The molecule has 7 heteroatoms. The van der Waals surface area contributed by atoms with Crippen molar-refractivity contribution in [1.29, 1.82) is 0 Å². The highest BCUT2D eigenvalue weighted by atomic mass is 79.9. The Hall–Kier alpha value is -0.850. The van der Waals surface area contributed by atoms with Gasteiger partial charge in [0.1, 0.15) is 0 Å². The van der Waals surface area contributed by atoms with Gasteiger partial charge in [0.15, 0.2) is 0 Å². The number of hydrogen-bond acceptors (Lipinski definition) is 3. The number of aryl methyl sites for hydroxylation is 2.